The summed E-state index contributed by atoms with van der Waals surface area (Å²) in [5.41, 5.74) is 0.572. The summed E-state index contributed by atoms with van der Waals surface area (Å²) >= 11 is 1.96. The summed E-state index contributed by atoms with van der Waals surface area (Å²) in [7, 11) is 0. The Morgan fingerprint density at radius 1 is 1.44 bits per heavy atom. The van der Waals surface area contributed by atoms with Crippen LogP contribution in [0.4, 0.5) is 0 Å². The van der Waals surface area contributed by atoms with Crippen LogP contribution in [0.1, 0.15) is 47.0 Å². The monoisotopic (exact) mass is 243 g/mol. The molecule has 0 bridgehead atoms. The lowest BCUT2D eigenvalue weighted by Gasteiger charge is -2.40. The van der Waals surface area contributed by atoms with Crippen LogP contribution in [-0.2, 0) is 0 Å². The van der Waals surface area contributed by atoms with Crippen LogP contribution in [0.25, 0.3) is 0 Å². The fourth-order valence-electron chi connectivity index (χ4n) is 2.95. The summed E-state index contributed by atoms with van der Waals surface area (Å²) in [6.45, 7) is 10.8. The zero-order valence-electron chi connectivity index (χ0n) is 11.7. The molecule has 0 saturated heterocycles. The highest BCUT2D eigenvalue weighted by atomic mass is 32.2. The molecule has 0 amide bonds. The van der Waals surface area contributed by atoms with E-state index in [1.54, 1.807) is 0 Å². The summed E-state index contributed by atoms with van der Waals surface area (Å²) < 4.78 is 0. The van der Waals surface area contributed by atoms with Gasteiger partial charge in [0.25, 0.3) is 0 Å². The van der Waals surface area contributed by atoms with Crippen LogP contribution < -0.4 is 5.32 Å². The first-order valence-electron chi connectivity index (χ1n) is 6.67. The molecule has 0 radical (unpaired) electrons. The first-order valence-corrected chi connectivity index (χ1v) is 8.06. The van der Waals surface area contributed by atoms with Crippen molar-refractivity contribution in [2.75, 3.05) is 18.6 Å². The molecular weight excluding hydrogens is 214 g/mol. The van der Waals surface area contributed by atoms with Crippen molar-refractivity contribution in [3.05, 3.63) is 0 Å². The maximum Gasteiger partial charge on any atom is 0.00932 e. The second-order valence-electron chi connectivity index (χ2n) is 6.46. The van der Waals surface area contributed by atoms with Gasteiger partial charge in [0.1, 0.15) is 0 Å². The smallest absolute Gasteiger partial charge is 0.00932 e. The van der Waals surface area contributed by atoms with E-state index < -0.39 is 0 Å². The van der Waals surface area contributed by atoms with Crippen molar-refractivity contribution in [3.63, 3.8) is 0 Å². The highest BCUT2D eigenvalue weighted by molar-refractivity contribution is 7.98. The predicted molar refractivity (Wildman–Crippen MR) is 76.1 cm³/mol. The van der Waals surface area contributed by atoms with Crippen LogP contribution >= 0.6 is 11.8 Å². The van der Waals surface area contributed by atoms with E-state index in [1.165, 1.54) is 31.6 Å². The molecule has 0 aromatic rings. The van der Waals surface area contributed by atoms with Crippen molar-refractivity contribution in [1.82, 2.24) is 5.32 Å². The maximum absolute atomic E-state index is 3.78. The van der Waals surface area contributed by atoms with E-state index >= 15 is 0 Å². The second kappa shape index (κ2) is 6.30. The van der Waals surface area contributed by atoms with E-state index in [9.17, 15) is 0 Å². The molecular formula is C14H29NS. The van der Waals surface area contributed by atoms with Gasteiger partial charge in [0.05, 0.1) is 0 Å². The molecule has 96 valence electrons. The van der Waals surface area contributed by atoms with Gasteiger partial charge in [-0.25, -0.2) is 0 Å². The van der Waals surface area contributed by atoms with Crippen molar-refractivity contribution in [3.8, 4) is 0 Å². The zero-order chi connectivity index (χ0) is 12.2. The van der Waals surface area contributed by atoms with Crippen LogP contribution in [0.2, 0.25) is 0 Å². The molecule has 1 nitrogen and oxygen atoms in total. The van der Waals surface area contributed by atoms with Crippen molar-refractivity contribution in [1.29, 1.82) is 0 Å². The van der Waals surface area contributed by atoms with Gasteiger partial charge in [-0.3, -0.25) is 0 Å². The number of rotatable bonds is 5. The first-order chi connectivity index (χ1) is 7.44. The Balaban J connectivity index is 2.28. The van der Waals surface area contributed by atoms with E-state index in [1.807, 2.05) is 11.8 Å². The molecule has 0 aliphatic heterocycles. The Morgan fingerprint density at radius 3 is 2.69 bits per heavy atom. The van der Waals surface area contributed by atoms with E-state index in [4.69, 9.17) is 0 Å². The zero-order valence-corrected chi connectivity index (χ0v) is 12.5. The number of nitrogens with one attached hydrogen (secondary N) is 1. The molecule has 1 rings (SSSR count). The molecule has 2 heteroatoms. The lowest BCUT2D eigenvalue weighted by atomic mass is 9.70. The third-order valence-corrected chi connectivity index (χ3v) is 4.78. The Hall–Kier alpha value is 0.310. The SMILES string of the molecule is CSCC(C)CNC1CCC(C)(C)CC1C. The topological polar surface area (TPSA) is 12.0 Å². The van der Waals surface area contributed by atoms with E-state index in [0.717, 1.165) is 17.9 Å². The molecule has 1 fully saturated rings. The lowest BCUT2D eigenvalue weighted by molar-refractivity contribution is 0.147. The molecule has 1 saturated carbocycles. The number of hydrogen-bond acceptors (Lipinski definition) is 2. The summed E-state index contributed by atoms with van der Waals surface area (Å²) in [4.78, 5) is 0. The van der Waals surface area contributed by atoms with Gasteiger partial charge in [-0.1, -0.05) is 27.7 Å². The van der Waals surface area contributed by atoms with Gasteiger partial charge in [0.15, 0.2) is 0 Å². The third-order valence-electron chi connectivity index (χ3n) is 3.87. The molecule has 16 heavy (non-hydrogen) atoms. The minimum absolute atomic E-state index is 0.572. The fourth-order valence-corrected chi connectivity index (χ4v) is 3.63. The van der Waals surface area contributed by atoms with Crippen LogP contribution in [-0.4, -0.2) is 24.6 Å². The lowest BCUT2D eigenvalue weighted by Crippen LogP contribution is -2.43. The molecule has 0 heterocycles. The number of hydrogen-bond donors (Lipinski definition) is 1. The molecule has 0 aromatic carbocycles. The van der Waals surface area contributed by atoms with E-state index in [-0.39, 0.29) is 0 Å². The molecule has 3 unspecified atom stereocenters. The molecule has 0 spiro atoms. The highest BCUT2D eigenvalue weighted by Gasteiger charge is 2.31. The average molecular weight is 243 g/mol. The predicted octanol–water partition coefficient (Wildman–Crippen LogP) is 3.79. The highest BCUT2D eigenvalue weighted by Crippen LogP contribution is 2.38. The van der Waals surface area contributed by atoms with Gasteiger partial charge in [-0.05, 0) is 55.1 Å². The van der Waals surface area contributed by atoms with Crippen molar-refractivity contribution in [2.45, 2.75) is 53.0 Å². The molecule has 1 N–H and O–H groups in total. The minimum atomic E-state index is 0.572. The fraction of sp³-hybridized carbons (Fsp3) is 1.00. The molecule has 1 aliphatic rings. The van der Waals surface area contributed by atoms with E-state index in [2.05, 4.69) is 39.3 Å². The Bertz CT molecular complexity index is 203. The Morgan fingerprint density at radius 2 is 2.12 bits per heavy atom. The Labute approximate surface area is 106 Å². The standard InChI is InChI=1S/C14H29NS/c1-11(10-16-5)9-15-13-6-7-14(3,4)8-12(13)2/h11-13,15H,6-10H2,1-5H3. The summed E-state index contributed by atoms with van der Waals surface area (Å²) in [6.07, 6.45) is 6.32. The largest absolute Gasteiger partial charge is 0.313 e. The quantitative estimate of drug-likeness (QED) is 0.788. The van der Waals surface area contributed by atoms with Crippen LogP contribution in [0.5, 0.6) is 0 Å². The van der Waals surface area contributed by atoms with Gasteiger partial charge in [-0.15, -0.1) is 0 Å². The molecule has 1 aliphatic carbocycles. The Kier molecular flexibility index (Phi) is 5.66. The second-order valence-corrected chi connectivity index (χ2v) is 7.37. The van der Waals surface area contributed by atoms with Crippen LogP contribution in [0, 0.1) is 17.3 Å². The summed E-state index contributed by atoms with van der Waals surface area (Å²) in [5.74, 6) is 2.92. The van der Waals surface area contributed by atoms with Crippen molar-refractivity contribution >= 4 is 11.8 Å². The summed E-state index contributed by atoms with van der Waals surface area (Å²) in [5, 5.41) is 3.78. The minimum Gasteiger partial charge on any atom is -0.313 e. The number of thioether (sulfide) groups is 1. The van der Waals surface area contributed by atoms with Gasteiger partial charge in [-0.2, -0.15) is 11.8 Å². The molecule has 0 aromatic heterocycles. The maximum atomic E-state index is 3.78. The van der Waals surface area contributed by atoms with E-state index in [0.29, 0.717) is 5.41 Å². The van der Waals surface area contributed by atoms with Crippen molar-refractivity contribution in [2.24, 2.45) is 17.3 Å². The normalized spacial score (nSPS) is 31.3. The van der Waals surface area contributed by atoms with Gasteiger partial charge >= 0.3 is 0 Å². The van der Waals surface area contributed by atoms with Crippen LogP contribution in [0.15, 0.2) is 0 Å². The summed E-state index contributed by atoms with van der Waals surface area (Å²) in [6, 6.07) is 0.761. The van der Waals surface area contributed by atoms with Gasteiger partial charge < -0.3 is 5.32 Å². The van der Waals surface area contributed by atoms with Crippen LogP contribution in [0.3, 0.4) is 0 Å². The third kappa shape index (κ3) is 4.67. The average Bonchev–Trinajstić information content (AvgIpc) is 2.15. The molecule has 3 atom stereocenters. The van der Waals surface area contributed by atoms with Gasteiger partial charge in [0, 0.05) is 6.04 Å². The van der Waals surface area contributed by atoms with Gasteiger partial charge in [0.2, 0.25) is 0 Å². The van der Waals surface area contributed by atoms with Crippen molar-refractivity contribution < 1.29 is 0 Å². The first kappa shape index (κ1) is 14.4.